The number of carbonyl (C=O) groups excluding carboxylic acids is 2. The first-order valence-corrected chi connectivity index (χ1v) is 7.43. The highest BCUT2D eigenvalue weighted by Gasteiger charge is 2.10. The lowest BCUT2D eigenvalue weighted by atomic mass is 10.2. The van der Waals surface area contributed by atoms with Crippen molar-refractivity contribution in [3.63, 3.8) is 0 Å². The molecule has 0 unspecified atom stereocenters. The van der Waals surface area contributed by atoms with Crippen molar-refractivity contribution in [3.8, 4) is 0 Å². The molecule has 0 fully saturated rings. The number of nitrogens with one attached hydrogen (secondary N) is 2. The lowest BCUT2D eigenvalue weighted by Gasteiger charge is -2.04. The maximum absolute atomic E-state index is 11.8. The highest BCUT2D eigenvalue weighted by molar-refractivity contribution is 6.30. The second-order valence-corrected chi connectivity index (χ2v) is 5.27. The molecule has 0 aliphatic rings. The van der Waals surface area contributed by atoms with E-state index >= 15 is 0 Å². The monoisotopic (exact) mass is 360 g/mol. The largest absolute Gasteiger partial charge is 0.343 e. The fourth-order valence-electron chi connectivity index (χ4n) is 1.76. The first kappa shape index (κ1) is 18.1. The molecule has 0 aromatic heterocycles. The third-order valence-corrected chi connectivity index (χ3v) is 3.27. The van der Waals surface area contributed by atoms with Crippen LogP contribution in [0.4, 0.5) is 5.69 Å². The van der Waals surface area contributed by atoms with Gasteiger partial charge in [-0.1, -0.05) is 23.7 Å². The number of rotatable bonds is 6. The van der Waals surface area contributed by atoms with Crippen LogP contribution in [0, 0.1) is 10.1 Å². The van der Waals surface area contributed by atoms with Crippen molar-refractivity contribution in [1.82, 2.24) is 10.7 Å². The Balaban J connectivity index is 1.79. The van der Waals surface area contributed by atoms with Gasteiger partial charge in [0.25, 0.3) is 17.5 Å². The molecular weight excluding hydrogens is 348 g/mol. The van der Waals surface area contributed by atoms with Crippen molar-refractivity contribution >= 4 is 35.3 Å². The molecule has 0 saturated heterocycles. The van der Waals surface area contributed by atoms with Crippen LogP contribution in [0.15, 0.2) is 53.6 Å². The lowest BCUT2D eigenvalue weighted by Crippen LogP contribution is -2.34. The van der Waals surface area contributed by atoms with Gasteiger partial charge in [-0.15, -0.1) is 0 Å². The summed E-state index contributed by atoms with van der Waals surface area (Å²) in [5.41, 5.74) is 3.11. The number of hydrazone groups is 1. The summed E-state index contributed by atoms with van der Waals surface area (Å²) >= 11 is 5.75. The van der Waals surface area contributed by atoms with Gasteiger partial charge >= 0.3 is 0 Å². The van der Waals surface area contributed by atoms with Crippen LogP contribution in [-0.2, 0) is 4.79 Å². The minimum absolute atomic E-state index is 0.120. The standard InChI is InChI=1S/C16H13ClN4O4/c17-13-5-1-11(2-6-13)9-19-20-15(22)10-18-16(23)12-3-7-14(8-4-12)21(24)25/h1-9H,10H2,(H,18,23)(H,20,22)/b19-9+. The van der Waals surface area contributed by atoms with Crippen molar-refractivity contribution in [2.24, 2.45) is 5.10 Å². The fourth-order valence-corrected chi connectivity index (χ4v) is 1.89. The molecule has 2 aromatic carbocycles. The summed E-state index contributed by atoms with van der Waals surface area (Å²) in [6, 6.07) is 11.9. The van der Waals surface area contributed by atoms with E-state index in [2.05, 4.69) is 15.8 Å². The van der Waals surface area contributed by atoms with Gasteiger partial charge in [-0.25, -0.2) is 5.43 Å². The maximum Gasteiger partial charge on any atom is 0.269 e. The average molecular weight is 361 g/mol. The normalized spacial score (nSPS) is 10.4. The predicted molar refractivity (Wildman–Crippen MR) is 92.6 cm³/mol. The molecule has 0 aliphatic carbocycles. The molecule has 0 heterocycles. The SMILES string of the molecule is O=C(CNC(=O)c1ccc([N+](=O)[O-])cc1)N/N=C/c1ccc(Cl)cc1. The van der Waals surface area contributed by atoms with Crippen molar-refractivity contribution in [2.75, 3.05) is 6.54 Å². The maximum atomic E-state index is 11.8. The van der Waals surface area contributed by atoms with Gasteiger partial charge in [0, 0.05) is 22.7 Å². The highest BCUT2D eigenvalue weighted by Crippen LogP contribution is 2.11. The zero-order chi connectivity index (χ0) is 18.2. The van der Waals surface area contributed by atoms with E-state index in [1.54, 1.807) is 24.3 Å². The van der Waals surface area contributed by atoms with Gasteiger partial charge < -0.3 is 5.32 Å². The Labute approximate surface area is 147 Å². The molecule has 8 nitrogen and oxygen atoms in total. The Morgan fingerprint density at radius 1 is 1.12 bits per heavy atom. The van der Waals surface area contributed by atoms with E-state index in [1.807, 2.05) is 0 Å². The Kier molecular flexibility index (Phi) is 6.19. The molecule has 2 N–H and O–H groups in total. The van der Waals surface area contributed by atoms with Gasteiger partial charge in [-0.05, 0) is 29.8 Å². The molecule has 2 amide bonds. The number of carbonyl (C=O) groups is 2. The minimum Gasteiger partial charge on any atom is -0.343 e. The van der Waals surface area contributed by atoms with Crippen LogP contribution in [-0.4, -0.2) is 29.5 Å². The van der Waals surface area contributed by atoms with E-state index in [4.69, 9.17) is 11.6 Å². The van der Waals surface area contributed by atoms with Crippen LogP contribution in [0.3, 0.4) is 0 Å². The van der Waals surface area contributed by atoms with Crippen molar-refractivity contribution in [3.05, 3.63) is 74.8 Å². The zero-order valence-electron chi connectivity index (χ0n) is 12.8. The number of benzene rings is 2. The van der Waals surface area contributed by atoms with Crippen LogP contribution in [0.5, 0.6) is 0 Å². The first-order chi connectivity index (χ1) is 12.0. The van der Waals surface area contributed by atoms with E-state index < -0.39 is 16.7 Å². The Morgan fingerprint density at radius 2 is 1.76 bits per heavy atom. The molecule has 0 saturated carbocycles. The molecule has 0 radical (unpaired) electrons. The quantitative estimate of drug-likeness (QED) is 0.466. The molecule has 0 bridgehead atoms. The van der Waals surface area contributed by atoms with Crippen LogP contribution < -0.4 is 10.7 Å². The first-order valence-electron chi connectivity index (χ1n) is 7.06. The summed E-state index contributed by atoms with van der Waals surface area (Å²) in [7, 11) is 0. The molecule has 0 atom stereocenters. The van der Waals surface area contributed by atoms with Crippen LogP contribution in [0.25, 0.3) is 0 Å². The van der Waals surface area contributed by atoms with Gasteiger partial charge in [0.15, 0.2) is 0 Å². The third kappa shape index (κ3) is 5.70. The highest BCUT2D eigenvalue weighted by atomic mass is 35.5. The van der Waals surface area contributed by atoms with E-state index in [0.717, 1.165) is 5.56 Å². The van der Waals surface area contributed by atoms with E-state index in [9.17, 15) is 19.7 Å². The smallest absolute Gasteiger partial charge is 0.269 e. The summed E-state index contributed by atoms with van der Waals surface area (Å²) in [6.45, 7) is -0.284. The van der Waals surface area contributed by atoms with Gasteiger partial charge in [0.2, 0.25) is 0 Å². The average Bonchev–Trinajstić information content (AvgIpc) is 2.61. The van der Waals surface area contributed by atoms with Crippen molar-refractivity contribution in [1.29, 1.82) is 0 Å². The molecule has 9 heteroatoms. The van der Waals surface area contributed by atoms with E-state index in [-0.39, 0.29) is 17.8 Å². The van der Waals surface area contributed by atoms with E-state index in [0.29, 0.717) is 5.02 Å². The topological polar surface area (TPSA) is 114 Å². The van der Waals surface area contributed by atoms with Gasteiger partial charge in [0.1, 0.15) is 0 Å². The number of halogens is 1. The summed E-state index contributed by atoms with van der Waals surface area (Å²) in [4.78, 5) is 33.4. The summed E-state index contributed by atoms with van der Waals surface area (Å²) in [5, 5.41) is 17.3. The van der Waals surface area contributed by atoms with Crippen LogP contribution in [0.2, 0.25) is 5.02 Å². The number of hydrogen-bond donors (Lipinski definition) is 2. The number of nitro benzene ring substituents is 1. The molecule has 0 aliphatic heterocycles. The number of non-ortho nitro benzene ring substituents is 1. The van der Waals surface area contributed by atoms with E-state index in [1.165, 1.54) is 30.5 Å². The van der Waals surface area contributed by atoms with Gasteiger partial charge in [0.05, 0.1) is 17.7 Å². The number of amides is 2. The summed E-state index contributed by atoms with van der Waals surface area (Å²) in [6.07, 6.45) is 1.44. The Hall–Kier alpha value is -3.26. The van der Waals surface area contributed by atoms with Gasteiger partial charge in [-0.3, -0.25) is 19.7 Å². The fraction of sp³-hybridized carbons (Fsp3) is 0.0625. The molecule has 2 aromatic rings. The Bertz CT molecular complexity index is 804. The number of hydrogen-bond acceptors (Lipinski definition) is 5. The second kappa shape index (κ2) is 8.55. The third-order valence-electron chi connectivity index (χ3n) is 3.02. The number of nitro groups is 1. The second-order valence-electron chi connectivity index (χ2n) is 4.83. The molecule has 2 rings (SSSR count). The van der Waals surface area contributed by atoms with Crippen LogP contribution >= 0.6 is 11.6 Å². The molecular formula is C16H13ClN4O4. The summed E-state index contributed by atoms with van der Waals surface area (Å²) < 4.78 is 0. The molecule has 0 spiro atoms. The minimum atomic E-state index is -0.562. The van der Waals surface area contributed by atoms with Gasteiger partial charge in [-0.2, -0.15) is 5.10 Å². The van der Waals surface area contributed by atoms with Crippen LogP contribution in [0.1, 0.15) is 15.9 Å². The lowest BCUT2D eigenvalue weighted by molar-refractivity contribution is -0.384. The number of nitrogens with zero attached hydrogens (tertiary/aromatic N) is 2. The van der Waals surface area contributed by atoms with Crippen molar-refractivity contribution in [2.45, 2.75) is 0 Å². The zero-order valence-corrected chi connectivity index (χ0v) is 13.6. The Morgan fingerprint density at radius 3 is 2.36 bits per heavy atom. The van der Waals surface area contributed by atoms with Crippen molar-refractivity contribution < 1.29 is 14.5 Å². The molecule has 128 valence electrons. The predicted octanol–water partition coefficient (Wildman–Crippen LogP) is 2.13. The molecule has 25 heavy (non-hydrogen) atoms. The summed E-state index contributed by atoms with van der Waals surface area (Å²) in [5.74, 6) is -1.03.